The molecule has 0 saturated carbocycles. The van der Waals surface area contributed by atoms with Crippen LogP contribution in [0.2, 0.25) is 0 Å². The Morgan fingerprint density at radius 2 is 2.10 bits per heavy atom. The smallest absolute Gasteiger partial charge is 0.344 e. The third-order valence-corrected chi connectivity index (χ3v) is 5.04. The average Bonchev–Trinajstić information content (AvgIpc) is 2.71. The molecule has 9 nitrogen and oxygen atoms in total. The molecule has 0 bridgehead atoms. The summed E-state index contributed by atoms with van der Waals surface area (Å²) in [4.78, 5) is 34.2. The number of nitro benzene ring substituents is 1. The molecule has 31 heavy (non-hydrogen) atoms. The van der Waals surface area contributed by atoms with Crippen molar-refractivity contribution in [1.29, 1.82) is 5.26 Å². The molecule has 2 aromatic rings. The summed E-state index contributed by atoms with van der Waals surface area (Å²) >= 11 is 5.35. The number of halogens is 2. The molecule has 11 heteroatoms. The zero-order valence-corrected chi connectivity index (χ0v) is 19.8. The Balaban J connectivity index is 2.21. The average molecular weight is 600 g/mol. The van der Waals surface area contributed by atoms with Crippen molar-refractivity contribution in [3.8, 4) is 11.8 Å². The number of nitro groups is 1. The second kappa shape index (κ2) is 11.4. The normalized spacial score (nSPS) is 10.7. The van der Waals surface area contributed by atoms with E-state index in [9.17, 15) is 25.0 Å². The molecule has 160 valence electrons. The molecule has 0 aliphatic rings. The lowest BCUT2D eigenvalue weighted by Gasteiger charge is -2.11. The van der Waals surface area contributed by atoms with E-state index in [2.05, 4.69) is 21.2 Å². The third-order valence-electron chi connectivity index (χ3n) is 3.65. The number of nitrogens with one attached hydrogen (secondary N) is 1. The summed E-state index contributed by atoms with van der Waals surface area (Å²) in [5.41, 5.74) is 0.343. The van der Waals surface area contributed by atoms with Crippen LogP contribution in [0, 0.1) is 25.0 Å². The molecule has 0 spiro atoms. The largest absolute Gasteiger partial charge is 0.480 e. The van der Waals surface area contributed by atoms with Gasteiger partial charge in [0.15, 0.2) is 6.61 Å². The van der Waals surface area contributed by atoms with Crippen LogP contribution in [-0.2, 0) is 14.3 Å². The topological polar surface area (TPSA) is 132 Å². The fourth-order valence-corrected chi connectivity index (χ4v) is 4.11. The summed E-state index contributed by atoms with van der Waals surface area (Å²) < 4.78 is 11.5. The molecular formula is C20H15BrIN3O6. The third kappa shape index (κ3) is 7.04. The van der Waals surface area contributed by atoms with Crippen molar-refractivity contribution in [3.63, 3.8) is 0 Å². The second-order valence-corrected chi connectivity index (χ2v) is 7.86. The zero-order chi connectivity index (χ0) is 23.0. The molecule has 2 aromatic carbocycles. The number of carbonyl (C=O) groups excluding carboxylic acids is 2. The van der Waals surface area contributed by atoms with Crippen LogP contribution < -0.4 is 10.1 Å². The number of nitrogens with zero attached hydrogens (tertiary/aromatic N) is 2. The van der Waals surface area contributed by atoms with Gasteiger partial charge in [-0.1, -0.05) is 6.07 Å². The number of carbonyl (C=O) groups is 2. The number of anilines is 1. The lowest BCUT2D eigenvalue weighted by atomic mass is 10.1. The van der Waals surface area contributed by atoms with Gasteiger partial charge in [-0.05, 0) is 75.3 Å². The molecule has 1 amide bonds. The van der Waals surface area contributed by atoms with E-state index in [4.69, 9.17) is 9.47 Å². The Kier molecular flexibility index (Phi) is 8.95. The minimum atomic E-state index is -0.711. The number of hydrogen-bond acceptors (Lipinski definition) is 7. The van der Waals surface area contributed by atoms with Crippen LogP contribution in [-0.4, -0.2) is 30.0 Å². The van der Waals surface area contributed by atoms with Crippen LogP contribution in [0.4, 0.5) is 11.4 Å². The summed E-state index contributed by atoms with van der Waals surface area (Å²) in [6.07, 6.45) is 1.37. The number of nitriles is 1. The molecule has 0 atom stereocenters. The number of hydrogen-bond donors (Lipinski definition) is 1. The van der Waals surface area contributed by atoms with Gasteiger partial charge in [-0.3, -0.25) is 14.9 Å². The first-order valence-corrected chi connectivity index (χ1v) is 10.6. The van der Waals surface area contributed by atoms with Gasteiger partial charge in [0.05, 0.1) is 19.6 Å². The Labute approximate surface area is 199 Å². The van der Waals surface area contributed by atoms with E-state index in [-0.39, 0.29) is 30.2 Å². The van der Waals surface area contributed by atoms with Gasteiger partial charge in [0.25, 0.3) is 11.6 Å². The highest BCUT2D eigenvalue weighted by atomic mass is 127. The minimum Gasteiger partial charge on any atom is -0.480 e. The Hall–Kier alpha value is -2.98. The molecule has 0 aliphatic heterocycles. The van der Waals surface area contributed by atoms with Crippen molar-refractivity contribution in [2.24, 2.45) is 0 Å². The highest BCUT2D eigenvalue weighted by Gasteiger charge is 2.15. The van der Waals surface area contributed by atoms with E-state index in [1.54, 1.807) is 19.1 Å². The van der Waals surface area contributed by atoms with Crippen molar-refractivity contribution in [2.75, 3.05) is 18.5 Å². The molecule has 0 fully saturated rings. The van der Waals surface area contributed by atoms with Crippen molar-refractivity contribution >= 4 is 67.8 Å². The van der Waals surface area contributed by atoms with Crippen LogP contribution in [0.3, 0.4) is 0 Å². The molecular weight excluding hydrogens is 585 g/mol. The first-order chi connectivity index (χ1) is 14.7. The SMILES string of the molecule is CCOC(=O)COc1c(Br)cc(/C=C(\C#N)C(=O)Nc2cccc([N+](=O)[O-])c2)cc1I. The van der Waals surface area contributed by atoms with Crippen LogP contribution in [0.15, 0.2) is 46.4 Å². The molecule has 0 saturated heterocycles. The summed E-state index contributed by atoms with van der Waals surface area (Å²) in [7, 11) is 0. The van der Waals surface area contributed by atoms with Gasteiger partial charge >= 0.3 is 5.97 Å². The van der Waals surface area contributed by atoms with Gasteiger partial charge in [0, 0.05) is 17.8 Å². The Morgan fingerprint density at radius 3 is 2.71 bits per heavy atom. The molecule has 2 rings (SSSR count). The predicted octanol–water partition coefficient (Wildman–Crippen LogP) is 4.45. The van der Waals surface area contributed by atoms with E-state index < -0.39 is 16.8 Å². The Bertz CT molecular complexity index is 1070. The number of amides is 1. The van der Waals surface area contributed by atoms with Crippen LogP contribution in [0.1, 0.15) is 12.5 Å². The molecule has 0 radical (unpaired) electrons. The van der Waals surface area contributed by atoms with Crippen LogP contribution in [0.5, 0.6) is 5.75 Å². The number of non-ortho nitro benzene ring substituents is 1. The molecule has 0 aliphatic carbocycles. The minimum absolute atomic E-state index is 0.183. The lowest BCUT2D eigenvalue weighted by molar-refractivity contribution is -0.384. The van der Waals surface area contributed by atoms with Gasteiger partial charge < -0.3 is 14.8 Å². The number of esters is 1. The Morgan fingerprint density at radius 1 is 1.35 bits per heavy atom. The summed E-state index contributed by atoms with van der Waals surface area (Å²) in [6, 6.07) is 10.5. The van der Waals surface area contributed by atoms with Crippen molar-refractivity contribution in [2.45, 2.75) is 6.92 Å². The van der Waals surface area contributed by atoms with Gasteiger partial charge in [0.2, 0.25) is 0 Å². The predicted molar refractivity (Wildman–Crippen MR) is 124 cm³/mol. The van der Waals surface area contributed by atoms with Gasteiger partial charge in [-0.2, -0.15) is 5.26 Å². The number of ether oxygens (including phenoxy) is 2. The summed E-state index contributed by atoms with van der Waals surface area (Å²) in [5.74, 6) is -0.791. The maximum absolute atomic E-state index is 12.4. The monoisotopic (exact) mass is 599 g/mol. The molecule has 0 heterocycles. The van der Waals surface area contributed by atoms with E-state index >= 15 is 0 Å². The highest BCUT2D eigenvalue weighted by Crippen LogP contribution is 2.33. The fraction of sp³-hybridized carbons (Fsp3) is 0.150. The van der Waals surface area contributed by atoms with E-state index in [0.29, 0.717) is 19.4 Å². The quantitative estimate of drug-likeness (QED) is 0.118. The van der Waals surface area contributed by atoms with E-state index in [0.717, 1.165) is 0 Å². The van der Waals surface area contributed by atoms with Crippen molar-refractivity contribution < 1.29 is 24.0 Å². The van der Waals surface area contributed by atoms with Crippen LogP contribution in [0.25, 0.3) is 6.08 Å². The number of rotatable bonds is 8. The summed E-state index contributed by atoms with van der Waals surface area (Å²) in [5, 5.41) is 22.7. The van der Waals surface area contributed by atoms with Gasteiger partial charge in [0.1, 0.15) is 17.4 Å². The molecule has 0 aromatic heterocycles. The standard InChI is InChI=1S/C20H15BrIN3O6/c1-2-30-18(26)11-31-19-16(21)7-12(8-17(19)22)6-13(10-23)20(27)24-14-4-3-5-15(9-14)25(28)29/h3-9H,2,11H2,1H3,(H,24,27)/b13-6+. The van der Waals surface area contributed by atoms with Crippen LogP contribution >= 0.6 is 38.5 Å². The van der Waals surface area contributed by atoms with Crippen molar-refractivity contribution in [3.05, 3.63) is 65.7 Å². The highest BCUT2D eigenvalue weighted by molar-refractivity contribution is 14.1. The molecule has 1 N–H and O–H groups in total. The maximum Gasteiger partial charge on any atom is 0.344 e. The first kappa shape index (κ1) is 24.3. The zero-order valence-electron chi connectivity index (χ0n) is 16.1. The van der Waals surface area contributed by atoms with E-state index in [1.165, 1.54) is 30.3 Å². The van der Waals surface area contributed by atoms with Gasteiger partial charge in [-0.25, -0.2) is 4.79 Å². The van der Waals surface area contributed by atoms with Gasteiger partial charge in [-0.15, -0.1) is 0 Å². The molecule has 0 unspecified atom stereocenters. The first-order valence-electron chi connectivity index (χ1n) is 8.70. The summed E-state index contributed by atoms with van der Waals surface area (Å²) in [6.45, 7) is 1.69. The maximum atomic E-state index is 12.4. The fourth-order valence-electron chi connectivity index (χ4n) is 2.35. The second-order valence-electron chi connectivity index (χ2n) is 5.84. The lowest BCUT2D eigenvalue weighted by Crippen LogP contribution is -2.15. The number of benzene rings is 2. The van der Waals surface area contributed by atoms with Crippen molar-refractivity contribution in [1.82, 2.24) is 0 Å². The van der Waals surface area contributed by atoms with E-state index in [1.807, 2.05) is 28.7 Å².